The van der Waals surface area contributed by atoms with Crippen molar-refractivity contribution in [3.05, 3.63) is 34.3 Å². The van der Waals surface area contributed by atoms with E-state index in [2.05, 4.69) is 26.1 Å². The van der Waals surface area contributed by atoms with Gasteiger partial charge in [-0.05, 0) is 25.7 Å². The first-order valence-corrected chi connectivity index (χ1v) is 6.56. The molecule has 0 heterocycles. The van der Waals surface area contributed by atoms with Crippen LogP contribution >= 0.6 is 15.9 Å². The van der Waals surface area contributed by atoms with Crippen LogP contribution in [0.15, 0.2) is 28.7 Å². The van der Waals surface area contributed by atoms with E-state index in [0.717, 1.165) is 16.6 Å². The van der Waals surface area contributed by atoms with Crippen molar-refractivity contribution in [2.24, 2.45) is 0 Å². The fraction of sp³-hybridized carbons (Fsp3) is 0.462. The van der Waals surface area contributed by atoms with Crippen LogP contribution in [-0.4, -0.2) is 45.2 Å². The number of hydrogen-bond acceptors (Lipinski definition) is 4. The lowest BCUT2D eigenvalue weighted by atomic mass is 10.1. The van der Waals surface area contributed by atoms with Crippen molar-refractivity contribution in [3.63, 3.8) is 0 Å². The van der Waals surface area contributed by atoms with Crippen molar-refractivity contribution in [1.29, 1.82) is 0 Å². The molecule has 1 rings (SSSR count). The summed E-state index contributed by atoms with van der Waals surface area (Å²) in [6.07, 6.45) is 0. The Morgan fingerprint density at radius 1 is 1.44 bits per heavy atom. The molecule has 0 fully saturated rings. The van der Waals surface area contributed by atoms with Gasteiger partial charge in [-0.1, -0.05) is 34.1 Å². The van der Waals surface area contributed by atoms with Crippen molar-refractivity contribution in [2.45, 2.75) is 6.04 Å². The van der Waals surface area contributed by atoms with Crippen LogP contribution in [0.3, 0.4) is 0 Å². The first kappa shape index (κ1) is 15.1. The van der Waals surface area contributed by atoms with Crippen LogP contribution in [0.2, 0.25) is 0 Å². The number of methoxy groups -OCH3 is 1. The Hall–Kier alpha value is -0.910. The van der Waals surface area contributed by atoms with Gasteiger partial charge in [-0.25, -0.2) is 4.79 Å². The lowest BCUT2D eigenvalue weighted by Gasteiger charge is -2.19. The molecule has 0 aliphatic heterocycles. The predicted octanol–water partition coefficient (Wildman–Crippen LogP) is 1.81. The van der Waals surface area contributed by atoms with Crippen molar-refractivity contribution in [2.75, 3.05) is 34.3 Å². The van der Waals surface area contributed by atoms with Gasteiger partial charge in [-0.15, -0.1) is 0 Å². The number of likely N-dealkylation sites (N-methyl/N-ethyl adjacent to an activating group) is 1. The lowest BCUT2D eigenvalue weighted by molar-refractivity contribution is -0.143. The molecule has 1 aromatic carbocycles. The summed E-state index contributed by atoms with van der Waals surface area (Å²) >= 11 is 3.46. The van der Waals surface area contributed by atoms with E-state index < -0.39 is 6.04 Å². The molecule has 4 nitrogen and oxygen atoms in total. The third kappa shape index (κ3) is 4.40. The summed E-state index contributed by atoms with van der Waals surface area (Å²) in [7, 11) is 5.39. The maximum Gasteiger partial charge on any atom is 0.327 e. The summed E-state index contributed by atoms with van der Waals surface area (Å²) < 4.78 is 5.74. The van der Waals surface area contributed by atoms with E-state index in [1.807, 2.05) is 38.4 Å². The van der Waals surface area contributed by atoms with E-state index in [9.17, 15) is 4.79 Å². The molecule has 5 heteroatoms. The molecule has 0 amide bonds. The number of nitrogens with one attached hydrogen (secondary N) is 1. The van der Waals surface area contributed by atoms with Gasteiger partial charge in [0.15, 0.2) is 0 Å². The molecule has 100 valence electrons. The molecule has 0 aliphatic carbocycles. The summed E-state index contributed by atoms with van der Waals surface area (Å²) in [6.45, 7) is 1.58. The molecule has 0 radical (unpaired) electrons. The van der Waals surface area contributed by atoms with Gasteiger partial charge in [0.1, 0.15) is 6.04 Å². The quantitative estimate of drug-likeness (QED) is 0.813. The Bertz CT molecular complexity index is 396. The van der Waals surface area contributed by atoms with Crippen LogP contribution in [0.5, 0.6) is 0 Å². The zero-order chi connectivity index (χ0) is 13.5. The highest BCUT2D eigenvalue weighted by atomic mass is 79.9. The largest absolute Gasteiger partial charge is 0.468 e. The molecule has 0 bridgehead atoms. The molecular formula is C13H19BrN2O2. The smallest absolute Gasteiger partial charge is 0.327 e. The Morgan fingerprint density at radius 2 is 2.11 bits per heavy atom. The second-order valence-corrected chi connectivity index (χ2v) is 5.09. The Balaban J connectivity index is 2.79. The molecule has 0 aliphatic rings. The SMILES string of the molecule is COC(=O)C(NCCN(C)C)c1ccccc1Br. The second-order valence-electron chi connectivity index (χ2n) is 4.24. The van der Waals surface area contributed by atoms with E-state index in [1.165, 1.54) is 7.11 Å². The van der Waals surface area contributed by atoms with Crippen LogP contribution in [0, 0.1) is 0 Å². The highest BCUT2D eigenvalue weighted by molar-refractivity contribution is 9.10. The van der Waals surface area contributed by atoms with Gasteiger partial charge >= 0.3 is 5.97 Å². The van der Waals surface area contributed by atoms with Gasteiger partial charge in [-0.2, -0.15) is 0 Å². The standard InChI is InChI=1S/C13H19BrN2O2/c1-16(2)9-8-15-12(13(17)18-3)10-6-4-5-7-11(10)14/h4-7,12,15H,8-9H2,1-3H3. The minimum Gasteiger partial charge on any atom is -0.468 e. The van der Waals surface area contributed by atoms with Crippen LogP contribution < -0.4 is 5.32 Å². The lowest BCUT2D eigenvalue weighted by Crippen LogP contribution is -2.34. The minimum atomic E-state index is -0.439. The summed E-state index contributed by atoms with van der Waals surface area (Å²) in [5.41, 5.74) is 0.892. The number of carbonyl (C=O) groups is 1. The fourth-order valence-electron chi connectivity index (χ4n) is 1.58. The zero-order valence-electron chi connectivity index (χ0n) is 10.9. The number of hydrogen-bond donors (Lipinski definition) is 1. The fourth-order valence-corrected chi connectivity index (χ4v) is 2.09. The van der Waals surface area contributed by atoms with Gasteiger partial charge in [0.25, 0.3) is 0 Å². The van der Waals surface area contributed by atoms with Gasteiger partial charge in [0.2, 0.25) is 0 Å². The summed E-state index contributed by atoms with van der Waals surface area (Å²) in [5.74, 6) is -0.277. The normalized spacial score (nSPS) is 12.5. The van der Waals surface area contributed by atoms with Crippen molar-refractivity contribution < 1.29 is 9.53 Å². The van der Waals surface area contributed by atoms with Crippen LogP contribution in [0.25, 0.3) is 0 Å². The minimum absolute atomic E-state index is 0.277. The highest BCUT2D eigenvalue weighted by Crippen LogP contribution is 2.23. The number of rotatable bonds is 6. The Labute approximate surface area is 116 Å². The zero-order valence-corrected chi connectivity index (χ0v) is 12.5. The summed E-state index contributed by atoms with van der Waals surface area (Å²) in [6, 6.07) is 7.21. The van der Waals surface area contributed by atoms with Gasteiger partial charge in [-0.3, -0.25) is 5.32 Å². The van der Waals surface area contributed by atoms with Crippen molar-refractivity contribution in [3.8, 4) is 0 Å². The van der Waals surface area contributed by atoms with Crippen molar-refractivity contribution in [1.82, 2.24) is 10.2 Å². The first-order valence-electron chi connectivity index (χ1n) is 5.76. The van der Waals surface area contributed by atoms with E-state index in [0.29, 0.717) is 6.54 Å². The van der Waals surface area contributed by atoms with E-state index in [1.54, 1.807) is 0 Å². The van der Waals surface area contributed by atoms with Crippen LogP contribution in [0.4, 0.5) is 0 Å². The first-order chi connectivity index (χ1) is 8.56. The van der Waals surface area contributed by atoms with E-state index in [-0.39, 0.29) is 5.97 Å². The van der Waals surface area contributed by atoms with Crippen LogP contribution in [-0.2, 0) is 9.53 Å². The molecule has 0 spiro atoms. The molecule has 0 aromatic heterocycles. The molecule has 0 saturated carbocycles. The maximum atomic E-state index is 11.8. The number of benzene rings is 1. The molecule has 1 atom stereocenters. The molecule has 1 unspecified atom stereocenters. The third-order valence-corrected chi connectivity index (χ3v) is 3.28. The maximum absolute atomic E-state index is 11.8. The predicted molar refractivity (Wildman–Crippen MR) is 75.5 cm³/mol. The van der Waals surface area contributed by atoms with Gasteiger partial charge in [0, 0.05) is 17.6 Å². The number of esters is 1. The Kier molecular flexibility index (Phi) is 6.32. The summed E-state index contributed by atoms with van der Waals surface area (Å²) in [4.78, 5) is 13.9. The Morgan fingerprint density at radius 3 is 2.67 bits per heavy atom. The average Bonchev–Trinajstić information content (AvgIpc) is 2.35. The molecular weight excluding hydrogens is 296 g/mol. The van der Waals surface area contributed by atoms with Gasteiger partial charge < -0.3 is 9.64 Å². The topological polar surface area (TPSA) is 41.6 Å². The monoisotopic (exact) mass is 314 g/mol. The second kappa shape index (κ2) is 7.51. The highest BCUT2D eigenvalue weighted by Gasteiger charge is 2.22. The van der Waals surface area contributed by atoms with Crippen molar-refractivity contribution >= 4 is 21.9 Å². The summed E-state index contributed by atoms with van der Waals surface area (Å²) in [5, 5.41) is 3.21. The number of nitrogens with zero attached hydrogens (tertiary/aromatic N) is 1. The molecule has 1 aromatic rings. The van der Waals surface area contributed by atoms with E-state index >= 15 is 0 Å². The van der Waals surface area contributed by atoms with E-state index in [4.69, 9.17) is 4.74 Å². The number of ether oxygens (including phenoxy) is 1. The molecule has 1 N–H and O–H groups in total. The molecule has 0 saturated heterocycles. The van der Waals surface area contributed by atoms with Gasteiger partial charge in [0.05, 0.1) is 7.11 Å². The number of carbonyl (C=O) groups excluding carboxylic acids is 1. The number of halogens is 1. The van der Waals surface area contributed by atoms with Crippen LogP contribution in [0.1, 0.15) is 11.6 Å². The molecule has 18 heavy (non-hydrogen) atoms. The average molecular weight is 315 g/mol. The third-order valence-electron chi connectivity index (χ3n) is 2.56.